The van der Waals surface area contributed by atoms with Gasteiger partial charge in [-0.15, -0.1) is 11.3 Å². The van der Waals surface area contributed by atoms with Crippen molar-refractivity contribution in [3.05, 3.63) is 17.3 Å². The maximum Gasteiger partial charge on any atom is 0.138 e. The number of nitrogens with one attached hydrogen (secondary N) is 1. The summed E-state index contributed by atoms with van der Waals surface area (Å²) in [5.74, 6) is 0.952. The summed E-state index contributed by atoms with van der Waals surface area (Å²) in [6.07, 6.45) is 6.37. The first kappa shape index (κ1) is 13.8. The van der Waals surface area contributed by atoms with E-state index in [9.17, 15) is 0 Å². The van der Waals surface area contributed by atoms with Crippen molar-refractivity contribution in [2.24, 2.45) is 0 Å². The smallest absolute Gasteiger partial charge is 0.138 e. The first-order valence-electron chi connectivity index (χ1n) is 7.43. The van der Waals surface area contributed by atoms with Crippen molar-refractivity contribution < 1.29 is 4.74 Å². The Labute approximate surface area is 123 Å². The van der Waals surface area contributed by atoms with Crippen LogP contribution < -0.4 is 5.32 Å². The van der Waals surface area contributed by atoms with Gasteiger partial charge in [0.1, 0.15) is 17.0 Å². The summed E-state index contributed by atoms with van der Waals surface area (Å²) in [4.78, 5) is 11.2. The van der Waals surface area contributed by atoms with E-state index in [0.717, 1.165) is 41.9 Å². The van der Waals surface area contributed by atoms with Gasteiger partial charge in [-0.2, -0.15) is 0 Å². The summed E-state index contributed by atoms with van der Waals surface area (Å²) in [5.41, 5.74) is 0. The lowest BCUT2D eigenvalue weighted by Gasteiger charge is -2.23. The van der Waals surface area contributed by atoms with Crippen LogP contribution in [0.2, 0.25) is 0 Å². The Morgan fingerprint density at radius 2 is 2.35 bits per heavy atom. The summed E-state index contributed by atoms with van der Waals surface area (Å²) in [6, 6.07) is 2.55. The van der Waals surface area contributed by atoms with E-state index in [1.54, 1.807) is 17.7 Å². The van der Waals surface area contributed by atoms with Gasteiger partial charge in [0.05, 0.1) is 17.5 Å². The van der Waals surface area contributed by atoms with Crippen molar-refractivity contribution in [3.63, 3.8) is 0 Å². The Bertz CT molecular complexity index is 578. The van der Waals surface area contributed by atoms with Gasteiger partial charge < -0.3 is 10.1 Å². The third-order valence-electron chi connectivity index (χ3n) is 3.90. The van der Waals surface area contributed by atoms with Crippen molar-refractivity contribution in [1.29, 1.82) is 0 Å². The Morgan fingerprint density at radius 3 is 3.05 bits per heavy atom. The second kappa shape index (κ2) is 6.06. The van der Waals surface area contributed by atoms with Gasteiger partial charge in [-0.1, -0.05) is 13.8 Å². The third kappa shape index (κ3) is 2.65. The lowest BCUT2D eigenvalue weighted by atomic mass is 10.1. The fourth-order valence-corrected chi connectivity index (χ4v) is 3.68. The van der Waals surface area contributed by atoms with Crippen LogP contribution in [0, 0.1) is 0 Å². The van der Waals surface area contributed by atoms with Crippen molar-refractivity contribution in [3.8, 4) is 0 Å². The summed E-state index contributed by atoms with van der Waals surface area (Å²) in [7, 11) is 0. The number of anilines is 1. The molecule has 2 aromatic rings. The van der Waals surface area contributed by atoms with Crippen molar-refractivity contribution in [2.45, 2.75) is 51.7 Å². The van der Waals surface area contributed by atoms with Crippen LogP contribution in [0.5, 0.6) is 0 Å². The molecule has 2 unspecified atom stereocenters. The van der Waals surface area contributed by atoms with Gasteiger partial charge in [-0.3, -0.25) is 0 Å². The van der Waals surface area contributed by atoms with E-state index in [0.29, 0.717) is 12.1 Å². The van der Waals surface area contributed by atoms with Gasteiger partial charge in [0.2, 0.25) is 0 Å². The molecule has 3 rings (SSSR count). The average molecular weight is 291 g/mol. The number of rotatable bonds is 5. The van der Waals surface area contributed by atoms with Gasteiger partial charge in [0.15, 0.2) is 0 Å². The predicted octanol–water partition coefficient (Wildman–Crippen LogP) is 3.62. The number of ether oxygens (including phenoxy) is 1. The zero-order valence-electron chi connectivity index (χ0n) is 12.1. The summed E-state index contributed by atoms with van der Waals surface area (Å²) in [6.45, 7) is 5.26. The molecule has 0 aliphatic carbocycles. The quantitative estimate of drug-likeness (QED) is 0.914. The fraction of sp³-hybridized carbons (Fsp3) is 0.600. The number of hydrogen-bond acceptors (Lipinski definition) is 5. The van der Waals surface area contributed by atoms with Gasteiger partial charge in [-0.05, 0) is 31.7 Å². The molecule has 0 amide bonds. The number of thiophene rings is 1. The lowest BCUT2D eigenvalue weighted by molar-refractivity contribution is 0.0943. The van der Waals surface area contributed by atoms with E-state index in [1.807, 2.05) is 0 Å². The first-order valence-corrected chi connectivity index (χ1v) is 8.25. The molecule has 1 fully saturated rings. The highest BCUT2D eigenvalue weighted by Crippen LogP contribution is 2.30. The Balaban J connectivity index is 1.86. The fourth-order valence-electron chi connectivity index (χ4n) is 2.75. The molecule has 3 heterocycles. The minimum atomic E-state index is 0.314. The number of aromatic nitrogens is 2. The molecule has 4 nitrogen and oxygen atoms in total. The van der Waals surface area contributed by atoms with Crippen molar-refractivity contribution >= 4 is 27.4 Å². The summed E-state index contributed by atoms with van der Waals surface area (Å²) >= 11 is 1.76. The van der Waals surface area contributed by atoms with Gasteiger partial charge in [-0.25, -0.2) is 9.97 Å². The predicted molar refractivity (Wildman–Crippen MR) is 83.5 cm³/mol. The SMILES string of the molecule is CCc1cc2c(NC(CC)C3CCCO3)ncnc2s1. The molecule has 0 saturated carbocycles. The van der Waals surface area contributed by atoms with Gasteiger partial charge >= 0.3 is 0 Å². The van der Waals surface area contributed by atoms with Gasteiger partial charge in [0.25, 0.3) is 0 Å². The van der Waals surface area contributed by atoms with Gasteiger partial charge in [0, 0.05) is 11.5 Å². The van der Waals surface area contributed by atoms with Crippen LogP contribution in [-0.2, 0) is 11.2 Å². The normalized spacial score (nSPS) is 20.4. The number of aryl methyl sites for hydroxylation is 1. The highest BCUT2D eigenvalue weighted by Gasteiger charge is 2.25. The zero-order valence-corrected chi connectivity index (χ0v) is 12.9. The Kier molecular flexibility index (Phi) is 4.17. The molecule has 0 spiro atoms. The van der Waals surface area contributed by atoms with E-state index in [1.165, 1.54) is 11.3 Å². The molecular weight excluding hydrogens is 270 g/mol. The standard InChI is InChI=1S/C15H21N3OS/c1-3-10-8-11-14(16-9-17-15(11)20-10)18-12(4-2)13-6-5-7-19-13/h8-9,12-13H,3-7H2,1-2H3,(H,16,17,18). The number of hydrogen-bond donors (Lipinski definition) is 1. The summed E-state index contributed by atoms with van der Waals surface area (Å²) < 4.78 is 5.81. The van der Waals surface area contributed by atoms with Crippen LogP contribution in [0.15, 0.2) is 12.4 Å². The topological polar surface area (TPSA) is 47.0 Å². The Hall–Kier alpha value is -1.20. The maximum atomic E-state index is 5.81. The molecule has 0 aromatic carbocycles. The monoisotopic (exact) mass is 291 g/mol. The molecule has 1 N–H and O–H groups in total. The minimum absolute atomic E-state index is 0.314. The second-order valence-corrected chi connectivity index (χ2v) is 6.33. The molecule has 5 heteroatoms. The van der Waals surface area contributed by atoms with Crippen LogP contribution in [0.1, 0.15) is 38.0 Å². The molecule has 0 bridgehead atoms. The largest absolute Gasteiger partial charge is 0.376 e. The average Bonchev–Trinajstić information content (AvgIpc) is 3.13. The molecule has 0 radical (unpaired) electrons. The highest BCUT2D eigenvalue weighted by atomic mass is 32.1. The van der Waals surface area contributed by atoms with Crippen LogP contribution >= 0.6 is 11.3 Å². The molecule has 1 aliphatic rings. The lowest BCUT2D eigenvalue weighted by Crippen LogP contribution is -2.32. The van der Waals surface area contributed by atoms with Crippen LogP contribution in [0.4, 0.5) is 5.82 Å². The first-order chi connectivity index (χ1) is 9.81. The molecular formula is C15H21N3OS. The molecule has 1 saturated heterocycles. The van der Waals surface area contributed by atoms with E-state index in [4.69, 9.17) is 4.74 Å². The van der Waals surface area contributed by atoms with E-state index >= 15 is 0 Å². The van der Waals surface area contributed by atoms with Crippen LogP contribution in [-0.4, -0.2) is 28.7 Å². The number of fused-ring (bicyclic) bond motifs is 1. The van der Waals surface area contributed by atoms with E-state index < -0.39 is 0 Å². The molecule has 108 valence electrons. The maximum absolute atomic E-state index is 5.81. The third-order valence-corrected chi connectivity index (χ3v) is 5.09. The van der Waals surface area contributed by atoms with Crippen LogP contribution in [0.3, 0.4) is 0 Å². The van der Waals surface area contributed by atoms with Crippen LogP contribution in [0.25, 0.3) is 10.2 Å². The molecule has 2 aromatic heterocycles. The van der Waals surface area contributed by atoms with Crippen molar-refractivity contribution in [2.75, 3.05) is 11.9 Å². The van der Waals surface area contributed by atoms with Crippen molar-refractivity contribution in [1.82, 2.24) is 9.97 Å². The van der Waals surface area contributed by atoms with E-state index in [2.05, 4.69) is 35.2 Å². The van der Waals surface area contributed by atoms with E-state index in [-0.39, 0.29) is 0 Å². The zero-order chi connectivity index (χ0) is 13.9. The molecule has 2 atom stereocenters. The summed E-state index contributed by atoms with van der Waals surface area (Å²) in [5, 5.41) is 4.73. The molecule has 1 aliphatic heterocycles. The Morgan fingerprint density at radius 1 is 1.45 bits per heavy atom. The number of nitrogens with zero attached hydrogens (tertiary/aromatic N) is 2. The molecule has 20 heavy (non-hydrogen) atoms. The highest BCUT2D eigenvalue weighted by molar-refractivity contribution is 7.18. The second-order valence-electron chi connectivity index (χ2n) is 5.22. The minimum Gasteiger partial charge on any atom is -0.376 e.